The predicted octanol–water partition coefficient (Wildman–Crippen LogP) is 1.73. The van der Waals surface area contributed by atoms with E-state index in [1.54, 1.807) is 31.4 Å². The number of nitrogens with one attached hydrogen (secondary N) is 1. The van der Waals surface area contributed by atoms with Gasteiger partial charge in [-0.3, -0.25) is 0 Å². The van der Waals surface area contributed by atoms with Gasteiger partial charge < -0.3 is 20.6 Å². The molecule has 0 spiro atoms. The van der Waals surface area contributed by atoms with Crippen molar-refractivity contribution in [2.75, 3.05) is 18.3 Å². The Morgan fingerprint density at radius 2 is 1.96 bits per heavy atom. The number of hydrogen-bond donors (Lipinski definition) is 2. The van der Waals surface area contributed by atoms with Crippen molar-refractivity contribution in [1.29, 1.82) is 0 Å². The van der Waals surface area contributed by atoms with Crippen LogP contribution in [0.4, 0.5) is 10.3 Å². The number of methoxy groups -OCH3 is 1. The molecule has 1 heterocycles. The fraction of sp³-hybridized carbons (Fsp3) is 0.188. The average Bonchev–Trinajstić information content (AvgIpc) is 3.04. The minimum atomic E-state index is -0.321. The largest absolute Gasteiger partial charge is 0.493 e. The summed E-state index contributed by atoms with van der Waals surface area (Å²) in [6.45, 7) is 0.409. The highest BCUT2D eigenvalue weighted by molar-refractivity contribution is 5.47. The molecule has 3 aromatic rings. The lowest BCUT2D eigenvalue weighted by Crippen LogP contribution is -2.19. The molecule has 3 rings (SSSR count). The summed E-state index contributed by atoms with van der Waals surface area (Å²) in [4.78, 5) is 1.25. The Morgan fingerprint density at radius 1 is 1.16 bits per heavy atom. The Bertz CT molecular complexity index is 854. The number of rotatable bonds is 7. The van der Waals surface area contributed by atoms with Crippen molar-refractivity contribution < 1.29 is 13.9 Å². The second-order valence-corrected chi connectivity index (χ2v) is 5.11. The molecule has 0 aliphatic rings. The number of ether oxygens (including phenoxy) is 2. The Balaban J connectivity index is 1.79. The Labute approximate surface area is 143 Å². The van der Waals surface area contributed by atoms with Gasteiger partial charge in [-0.15, -0.1) is 4.79 Å². The second kappa shape index (κ2) is 7.47. The summed E-state index contributed by atoms with van der Waals surface area (Å²) in [5, 5.41) is 10.8. The number of tetrazole rings is 1. The van der Waals surface area contributed by atoms with Crippen LogP contribution in [-0.2, 0) is 13.2 Å². The molecule has 0 bridgehead atoms. The van der Waals surface area contributed by atoms with E-state index in [4.69, 9.17) is 15.2 Å². The van der Waals surface area contributed by atoms with E-state index in [-0.39, 0.29) is 18.4 Å². The van der Waals surface area contributed by atoms with E-state index in [2.05, 4.69) is 21.0 Å². The lowest BCUT2D eigenvalue weighted by Gasteiger charge is -2.16. The van der Waals surface area contributed by atoms with Gasteiger partial charge in [0, 0.05) is 11.1 Å². The zero-order valence-corrected chi connectivity index (χ0v) is 13.5. The topological polar surface area (TPSA) is 100 Å². The summed E-state index contributed by atoms with van der Waals surface area (Å²) in [7, 11) is 1.54. The lowest BCUT2D eigenvalue weighted by molar-refractivity contribution is 0.277. The number of nitrogens with two attached hydrogens (primary N) is 1. The van der Waals surface area contributed by atoms with Gasteiger partial charge in [0.05, 0.1) is 13.7 Å². The quantitative estimate of drug-likeness (QED) is 0.673. The van der Waals surface area contributed by atoms with E-state index in [1.807, 2.05) is 12.1 Å². The zero-order chi connectivity index (χ0) is 17.6. The molecular formula is C16H17FN6O2. The maximum atomic E-state index is 13.8. The summed E-state index contributed by atoms with van der Waals surface area (Å²) >= 11 is 0. The highest BCUT2D eigenvalue weighted by atomic mass is 19.1. The molecule has 0 saturated heterocycles. The maximum Gasteiger partial charge on any atom is 0.260 e. The molecule has 0 saturated carbocycles. The number of nitrogens with zero attached hydrogens (tertiary/aromatic N) is 4. The van der Waals surface area contributed by atoms with Crippen LogP contribution in [0.1, 0.15) is 11.1 Å². The molecule has 0 fully saturated rings. The number of nitrogen functional groups attached to an aromatic ring is 1. The third-order valence-electron chi connectivity index (χ3n) is 3.52. The Morgan fingerprint density at radius 3 is 2.68 bits per heavy atom. The second-order valence-electron chi connectivity index (χ2n) is 5.11. The summed E-state index contributed by atoms with van der Waals surface area (Å²) in [5.74, 6) is 0.864. The van der Waals surface area contributed by atoms with Gasteiger partial charge in [-0.1, -0.05) is 35.4 Å². The van der Waals surface area contributed by atoms with Crippen LogP contribution in [0.25, 0.3) is 0 Å². The first-order valence-corrected chi connectivity index (χ1v) is 7.49. The van der Waals surface area contributed by atoms with Crippen LogP contribution in [0.3, 0.4) is 0 Å². The van der Waals surface area contributed by atoms with E-state index < -0.39 is 0 Å². The number of halogens is 1. The van der Waals surface area contributed by atoms with Crippen molar-refractivity contribution >= 4 is 5.95 Å². The molecule has 0 aliphatic carbocycles. The number of anilines is 1. The molecule has 8 nitrogen and oxygen atoms in total. The molecule has 0 amide bonds. The van der Waals surface area contributed by atoms with Crippen molar-refractivity contribution in [3.8, 4) is 11.5 Å². The van der Waals surface area contributed by atoms with Gasteiger partial charge in [-0.05, 0) is 22.6 Å². The molecule has 25 heavy (non-hydrogen) atoms. The van der Waals surface area contributed by atoms with E-state index in [1.165, 1.54) is 10.9 Å². The van der Waals surface area contributed by atoms with Gasteiger partial charge in [0.15, 0.2) is 11.5 Å². The molecule has 0 unspecified atom stereocenters. The first-order chi connectivity index (χ1) is 12.2. The molecule has 130 valence electrons. The molecule has 0 atom stereocenters. The fourth-order valence-electron chi connectivity index (χ4n) is 2.26. The summed E-state index contributed by atoms with van der Waals surface area (Å²) < 4.78 is 25.0. The Hall–Kier alpha value is -3.36. The molecular weight excluding hydrogens is 327 g/mol. The number of para-hydroxylation sites is 1. The fourth-order valence-corrected chi connectivity index (χ4v) is 2.26. The lowest BCUT2D eigenvalue weighted by atomic mass is 10.2. The highest BCUT2D eigenvalue weighted by Crippen LogP contribution is 2.32. The van der Waals surface area contributed by atoms with Gasteiger partial charge in [0.1, 0.15) is 12.4 Å². The first kappa shape index (κ1) is 16.5. The van der Waals surface area contributed by atoms with Crippen molar-refractivity contribution in [1.82, 2.24) is 20.3 Å². The van der Waals surface area contributed by atoms with Gasteiger partial charge in [-0.25, -0.2) is 4.39 Å². The van der Waals surface area contributed by atoms with Crippen LogP contribution in [0.15, 0.2) is 42.5 Å². The van der Waals surface area contributed by atoms with Gasteiger partial charge in [0.2, 0.25) is 0 Å². The third-order valence-corrected chi connectivity index (χ3v) is 3.52. The molecule has 1 aromatic heterocycles. The SMILES string of the molecule is COc1cccc(CNn2nnnc2N)c1OCc1ccccc1F. The van der Waals surface area contributed by atoms with Crippen molar-refractivity contribution in [3.63, 3.8) is 0 Å². The van der Waals surface area contributed by atoms with Gasteiger partial charge in [-0.2, -0.15) is 0 Å². The molecule has 3 N–H and O–H groups in total. The van der Waals surface area contributed by atoms with Crippen LogP contribution in [0, 0.1) is 5.82 Å². The molecule has 2 aromatic carbocycles. The van der Waals surface area contributed by atoms with Crippen LogP contribution in [0.2, 0.25) is 0 Å². The highest BCUT2D eigenvalue weighted by Gasteiger charge is 2.13. The summed E-state index contributed by atoms with van der Waals surface area (Å²) in [5.41, 5.74) is 9.81. The zero-order valence-electron chi connectivity index (χ0n) is 13.5. The van der Waals surface area contributed by atoms with Crippen molar-refractivity contribution in [2.45, 2.75) is 13.2 Å². The minimum Gasteiger partial charge on any atom is -0.493 e. The van der Waals surface area contributed by atoms with Crippen LogP contribution >= 0.6 is 0 Å². The molecule has 0 aliphatic heterocycles. The van der Waals surface area contributed by atoms with Gasteiger partial charge >= 0.3 is 0 Å². The maximum absolute atomic E-state index is 13.8. The minimum absolute atomic E-state index is 0.0765. The van der Waals surface area contributed by atoms with Gasteiger partial charge in [0.25, 0.3) is 5.95 Å². The standard InChI is InChI=1S/C16H17FN6O2/c1-24-14-8-4-6-11(9-19-23-16(18)20-21-22-23)15(14)25-10-12-5-2-3-7-13(12)17/h2-8,19H,9-10H2,1H3,(H2,18,20,22). The average molecular weight is 344 g/mol. The molecule has 9 heteroatoms. The first-order valence-electron chi connectivity index (χ1n) is 7.49. The summed E-state index contributed by atoms with van der Waals surface area (Å²) in [6, 6.07) is 11.9. The van der Waals surface area contributed by atoms with E-state index in [0.29, 0.717) is 23.6 Å². The van der Waals surface area contributed by atoms with Crippen LogP contribution in [-0.4, -0.2) is 27.4 Å². The normalized spacial score (nSPS) is 10.5. The number of aromatic nitrogens is 4. The van der Waals surface area contributed by atoms with Crippen LogP contribution < -0.4 is 20.6 Å². The number of benzene rings is 2. The molecule has 0 radical (unpaired) electrons. The predicted molar refractivity (Wildman–Crippen MR) is 89.0 cm³/mol. The van der Waals surface area contributed by atoms with Crippen LogP contribution in [0.5, 0.6) is 11.5 Å². The monoisotopic (exact) mass is 344 g/mol. The van der Waals surface area contributed by atoms with Crippen molar-refractivity contribution in [2.24, 2.45) is 0 Å². The van der Waals surface area contributed by atoms with E-state index >= 15 is 0 Å². The number of hydrogen-bond acceptors (Lipinski definition) is 7. The Kier molecular flexibility index (Phi) is 4.93. The smallest absolute Gasteiger partial charge is 0.260 e. The van der Waals surface area contributed by atoms with E-state index in [0.717, 1.165) is 5.56 Å². The van der Waals surface area contributed by atoms with E-state index in [9.17, 15) is 4.39 Å². The summed E-state index contributed by atoms with van der Waals surface area (Å²) in [6.07, 6.45) is 0. The van der Waals surface area contributed by atoms with Crippen molar-refractivity contribution in [3.05, 3.63) is 59.4 Å². The third kappa shape index (κ3) is 3.77.